The van der Waals surface area contributed by atoms with Gasteiger partial charge >= 0.3 is 5.97 Å². The number of carbonyl (C=O) groups excluding carboxylic acids is 4. The second-order valence-electron chi connectivity index (χ2n) is 17.6. The van der Waals surface area contributed by atoms with Crippen molar-refractivity contribution >= 4 is 23.3 Å². The van der Waals surface area contributed by atoms with E-state index in [4.69, 9.17) is 14.2 Å². The van der Waals surface area contributed by atoms with Crippen LogP contribution in [0.3, 0.4) is 0 Å². The molecule has 1 aliphatic heterocycles. The molecule has 0 radical (unpaired) electrons. The van der Waals surface area contributed by atoms with Gasteiger partial charge < -0.3 is 44.8 Å². The van der Waals surface area contributed by atoms with E-state index in [1.807, 2.05) is 26.8 Å². The van der Waals surface area contributed by atoms with E-state index in [1.165, 1.54) is 19.9 Å². The second kappa shape index (κ2) is 12.9. The topological polar surface area (TPSA) is 217 Å². The summed E-state index contributed by atoms with van der Waals surface area (Å²) in [5, 5.41) is 64.7. The van der Waals surface area contributed by atoms with E-state index < -0.39 is 106 Å². The molecule has 4 aliphatic carbocycles. The molecule has 1 heterocycles. The molecule has 0 bridgehead atoms. The molecule has 4 fully saturated rings. The number of Topliss-reactive ketones (excluding diaryl/α,β-unsaturated/α-hetero) is 2. The summed E-state index contributed by atoms with van der Waals surface area (Å²) in [7, 11) is 0. The summed E-state index contributed by atoms with van der Waals surface area (Å²) >= 11 is 0. The predicted octanol–water partition coefficient (Wildman–Crippen LogP) is 1.32. The highest BCUT2D eigenvalue weighted by molar-refractivity contribution is 5.98. The number of ether oxygens (including phenoxy) is 3. The minimum atomic E-state index is -2.08. The number of allylic oxidation sites excluding steroid dienone is 2. The fraction of sp³-hybridized carbons (Fsp3) is 0.789. The third-order valence-corrected chi connectivity index (χ3v) is 13.7. The predicted molar refractivity (Wildman–Crippen MR) is 180 cm³/mol. The van der Waals surface area contributed by atoms with Crippen LogP contribution >= 0.6 is 0 Å². The van der Waals surface area contributed by atoms with Crippen molar-refractivity contribution in [3.63, 3.8) is 0 Å². The fourth-order valence-corrected chi connectivity index (χ4v) is 10.8. The summed E-state index contributed by atoms with van der Waals surface area (Å²) < 4.78 is 16.9. The number of rotatable bonds is 8. The molecule has 1 saturated heterocycles. The molecule has 5 aliphatic rings. The third kappa shape index (κ3) is 6.00. The summed E-state index contributed by atoms with van der Waals surface area (Å²) in [4.78, 5) is 54.0. The molecule has 0 aromatic rings. The maximum absolute atomic E-state index is 14.8. The van der Waals surface area contributed by atoms with Crippen LogP contribution < -0.4 is 0 Å². The molecule has 6 N–H and O–H groups in total. The van der Waals surface area contributed by atoms with Crippen molar-refractivity contribution in [3.05, 3.63) is 23.8 Å². The summed E-state index contributed by atoms with van der Waals surface area (Å²) in [6.45, 7) is 14.4. The number of aliphatic hydroxyl groups excluding tert-OH is 5. The summed E-state index contributed by atoms with van der Waals surface area (Å²) in [6, 6.07) is 0. The van der Waals surface area contributed by atoms with Crippen molar-refractivity contribution in [2.75, 3.05) is 6.61 Å². The van der Waals surface area contributed by atoms with E-state index in [1.54, 1.807) is 27.7 Å². The van der Waals surface area contributed by atoms with Crippen LogP contribution in [0.4, 0.5) is 0 Å². The molecule has 0 amide bonds. The summed E-state index contributed by atoms with van der Waals surface area (Å²) in [5.74, 6) is -3.56. The minimum absolute atomic E-state index is 0.0549. The molecule has 0 aromatic heterocycles. The Morgan fingerprint density at radius 3 is 2.22 bits per heavy atom. The SMILES string of the molecule is CC(=O)OC(C)(C)/C=C/C(=O)C(C)(O)[C@H]1[C@H](O)C[C@@]2(C)[C@@H]3CC=C4[C@@H](C[C@H](OC5OC(CO)C(O)C(O)C5O)C(=O)C4(C)C)[C@]3(C)C(=O)C[C@]12C. The highest BCUT2D eigenvalue weighted by atomic mass is 16.7. The van der Waals surface area contributed by atoms with Gasteiger partial charge in [-0.3, -0.25) is 19.2 Å². The first-order chi connectivity index (χ1) is 23.3. The summed E-state index contributed by atoms with van der Waals surface area (Å²) in [6.07, 6.45) is -4.90. The van der Waals surface area contributed by atoms with Crippen LogP contribution in [0.1, 0.15) is 88.0 Å². The Morgan fingerprint density at radius 1 is 1.00 bits per heavy atom. The smallest absolute Gasteiger partial charge is 0.303 e. The Kier molecular flexibility index (Phi) is 10.1. The molecular formula is C38H56O13. The molecule has 14 atom stereocenters. The maximum Gasteiger partial charge on any atom is 0.303 e. The lowest BCUT2D eigenvalue weighted by Gasteiger charge is -2.64. The standard InChI is InChI=1S/C38H56O13/c1-18(40)51-33(2,3)13-12-25(42)38(9,48)30-21(41)15-35(6)24-11-10-19-20(37(24,8)26(43)16-36(30,35)7)14-22(31(47)34(19,4)5)49-32-29(46)28(45)27(44)23(17-39)50-32/h10,12-13,20-24,27-30,32,39,41,44-46,48H,11,14-17H2,1-9H3/b13-12+/t20-,21-,22+,23?,24+,27?,28?,29?,30+,32?,35+,36-,37+,38?/m1/s1. The Hall–Kier alpha value is -2.36. The highest BCUT2D eigenvalue weighted by Crippen LogP contribution is 2.74. The van der Waals surface area contributed by atoms with Gasteiger partial charge in [-0.25, -0.2) is 0 Å². The van der Waals surface area contributed by atoms with Crippen molar-refractivity contribution in [2.24, 2.45) is 39.4 Å². The number of carbonyl (C=O) groups is 4. The van der Waals surface area contributed by atoms with E-state index in [9.17, 15) is 49.8 Å². The van der Waals surface area contributed by atoms with E-state index >= 15 is 0 Å². The van der Waals surface area contributed by atoms with Crippen LogP contribution in [0.25, 0.3) is 0 Å². The van der Waals surface area contributed by atoms with Crippen molar-refractivity contribution < 1.29 is 64.0 Å². The zero-order chi connectivity index (χ0) is 38.4. The molecule has 13 nitrogen and oxygen atoms in total. The van der Waals surface area contributed by atoms with Gasteiger partial charge in [0.05, 0.1) is 12.7 Å². The average molecular weight is 721 g/mol. The zero-order valence-electron chi connectivity index (χ0n) is 31.1. The Bertz CT molecular complexity index is 1510. The summed E-state index contributed by atoms with van der Waals surface area (Å²) in [5.41, 5.74) is -6.34. The van der Waals surface area contributed by atoms with Gasteiger partial charge in [0.2, 0.25) is 0 Å². The van der Waals surface area contributed by atoms with Gasteiger partial charge in [0.15, 0.2) is 17.9 Å². The zero-order valence-corrected chi connectivity index (χ0v) is 31.1. The number of aliphatic hydroxyl groups is 6. The van der Waals surface area contributed by atoms with E-state index in [0.29, 0.717) is 6.42 Å². The van der Waals surface area contributed by atoms with Crippen LogP contribution in [0.5, 0.6) is 0 Å². The van der Waals surface area contributed by atoms with E-state index in [2.05, 4.69) is 0 Å². The van der Waals surface area contributed by atoms with Gasteiger partial charge in [0, 0.05) is 30.1 Å². The van der Waals surface area contributed by atoms with Crippen LogP contribution in [-0.2, 0) is 33.4 Å². The van der Waals surface area contributed by atoms with Gasteiger partial charge in [0.1, 0.15) is 47.5 Å². The van der Waals surface area contributed by atoms with Gasteiger partial charge in [-0.1, -0.05) is 32.4 Å². The molecule has 3 saturated carbocycles. The third-order valence-electron chi connectivity index (χ3n) is 13.7. The lowest BCUT2D eigenvalue weighted by Crippen LogP contribution is -2.66. The van der Waals surface area contributed by atoms with E-state index in [-0.39, 0.29) is 36.7 Å². The molecule has 51 heavy (non-hydrogen) atoms. The highest BCUT2D eigenvalue weighted by Gasteiger charge is 2.74. The largest absolute Gasteiger partial charge is 0.456 e. The van der Waals surface area contributed by atoms with Crippen molar-refractivity contribution in [2.45, 2.75) is 142 Å². The molecule has 0 aromatic carbocycles. The number of hydrogen-bond acceptors (Lipinski definition) is 13. The first kappa shape index (κ1) is 39.8. The molecule has 13 heteroatoms. The number of hydrogen-bond donors (Lipinski definition) is 6. The number of fused-ring (bicyclic) bond motifs is 5. The molecule has 0 spiro atoms. The quantitative estimate of drug-likeness (QED) is 0.119. The molecule has 5 rings (SSSR count). The first-order valence-electron chi connectivity index (χ1n) is 17.9. The normalized spacial score (nSPS) is 45.0. The van der Waals surface area contributed by atoms with Crippen molar-refractivity contribution in [1.82, 2.24) is 0 Å². The molecular weight excluding hydrogens is 664 g/mol. The lowest BCUT2D eigenvalue weighted by atomic mass is 9.38. The maximum atomic E-state index is 14.8. The fourth-order valence-electron chi connectivity index (χ4n) is 10.8. The Labute approximate surface area is 299 Å². The number of esters is 1. The minimum Gasteiger partial charge on any atom is -0.456 e. The van der Waals surface area contributed by atoms with Crippen molar-refractivity contribution in [1.29, 1.82) is 0 Å². The Balaban J connectivity index is 1.48. The molecule has 6 unspecified atom stereocenters. The van der Waals surface area contributed by atoms with Crippen LogP contribution in [0, 0.1) is 39.4 Å². The monoisotopic (exact) mass is 720 g/mol. The second-order valence-corrected chi connectivity index (χ2v) is 17.6. The van der Waals surface area contributed by atoms with Gasteiger partial charge in [-0.2, -0.15) is 0 Å². The van der Waals surface area contributed by atoms with Gasteiger partial charge in [0.25, 0.3) is 0 Å². The van der Waals surface area contributed by atoms with Crippen molar-refractivity contribution in [3.8, 4) is 0 Å². The Morgan fingerprint density at radius 2 is 1.63 bits per heavy atom. The van der Waals surface area contributed by atoms with Gasteiger partial charge in [-0.15, -0.1) is 0 Å². The van der Waals surface area contributed by atoms with Crippen LogP contribution in [0.2, 0.25) is 0 Å². The van der Waals surface area contributed by atoms with Gasteiger partial charge in [-0.05, 0) is 88.7 Å². The van der Waals surface area contributed by atoms with E-state index in [0.717, 1.165) is 11.6 Å². The molecule has 286 valence electrons. The lowest BCUT2D eigenvalue weighted by molar-refractivity contribution is -0.311. The first-order valence-corrected chi connectivity index (χ1v) is 17.9. The number of ketones is 3. The average Bonchev–Trinajstić information content (AvgIpc) is 3.22. The van der Waals surface area contributed by atoms with Crippen LogP contribution in [-0.4, -0.2) is 115 Å². The van der Waals surface area contributed by atoms with Crippen LogP contribution in [0.15, 0.2) is 23.8 Å².